The highest BCUT2D eigenvalue weighted by Crippen LogP contribution is 2.37. The summed E-state index contributed by atoms with van der Waals surface area (Å²) in [6.45, 7) is 5.64. The van der Waals surface area contributed by atoms with Crippen molar-refractivity contribution < 1.29 is 0 Å². The fourth-order valence-corrected chi connectivity index (χ4v) is 5.61. The third-order valence-electron chi connectivity index (χ3n) is 7.51. The Labute approximate surface area is 194 Å². The Morgan fingerprint density at radius 1 is 1.06 bits per heavy atom. The molecule has 33 heavy (non-hydrogen) atoms. The molecule has 5 heterocycles. The van der Waals surface area contributed by atoms with Gasteiger partial charge in [-0.05, 0) is 85.8 Å². The maximum absolute atomic E-state index is 4.47. The lowest BCUT2D eigenvalue weighted by atomic mass is 9.88. The lowest BCUT2D eigenvalue weighted by Gasteiger charge is -2.32. The Hall–Kier alpha value is -3.31. The number of nitrogens with zero attached hydrogens (tertiary/aromatic N) is 3. The lowest BCUT2D eigenvalue weighted by molar-refractivity contribution is 0.201. The molecule has 0 radical (unpaired) electrons. The van der Waals surface area contributed by atoms with Crippen molar-refractivity contribution in [2.24, 2.45) is 7.05 Å². The highest BCUT2D eigenvalue weighted by Gasteiger charge is 2.22. The van der Waals surface area contributed by atoms with Gasteiger partial charge in [0.05, 0.1) is 5.69 Å². The molecular formula is C28H31N5. The smallest absolute Gasteiger partial charge is 0.137 e. The van der Waals surface area contributed by atoms with Gasteiger partial charge >= 0.3 is 0 Å². The molecule has 2 N–H and O–H groups in total. The number of nitrogens with one attached hydrogen (secondary N) is 2. The van der Waals surface area contributed by atoms with Crippen LogP contribution >= 0.6 is 0 Å². The van der Waals surface area contributed by atoms with Gasteiger partial charge in [-0.2, -0.15) is 0 Å². The van der Waals surface area contributed by atoms with Crippen LogP contribution < -0.4 is 0 Å². The van der Waals surface area contributed by atoms with Crippen LogP contribution in [0.2, 0.25) is 0 Å². The standard InChI is InChI=1S/C28H31N5/c1-3-22-25-17-20(19-10-15-33(16-11-19)18-21-5-4-14-32(21)2)6-7-26(25)31-27(22)23-8-12-29-28-24(23)9-13-30-28/h4-9,12-14,17,19,31H,3,10-11,15-16,18H2,1-2H3,(H,29,30). The third-order valence-corrected chi connectivity index (χ3v) is 7.51. The number of hydrogen-bond acceptors (Lipinski definition) is 2. The molecule has 5 aromatic rings. The van der Waals surface area contributed by atoms with Crippen LogP contribution in [0.3, 0.4) is 0 Å². The summed E-state index contributed by atoms with van der Waals surface area (Å²) in [5.41, 5.74) is 8.92. The summed E-state index contributed by atoms with van der Waals surface area (Å²) in [6, 6.07) is 15.7. The first kappa shape index (κ1) is 20.3. The van der Waals surface area contributed by atoms with Gasteiger partial charge in [0.1, 0.15) is 5.65 Å². The van der Waals surface area contributed by atoms with Crippen LogP contribution in [0.15, 0.2) is 61.1 Å². The maximum Gasteiger partial charge on any atom is 0.137 e. The van der Waals surface area contributed by atoms with E-state index >= 15 is 0 Å². The fraction of sp³-hybridized carbons (Fsp3) is 0.321. The number of hydrogen-bond donors (Lipinski definition) is 2. The first-order chi connectivity index (χ1) is 16.2. The highest BCUT2D eigenvalue weighted by atomic mass is 15.1. The molecule has 1 aliphatic heterocycles. The first-order valence-corrected chi connectivity index (χ1v) is 12.1. The largest absolute Gasteiger partial charge is 0.354 e. The fourth-order valence-electron chi connectivity index (χ4n) is 5.61. The molecule has 0 atom stereocenters. The lowest BCUT2D eigenvalue weighted by Crippen LogP contribution is -2.33. The molecule has 0 spiro atoms. The van der Waals surface area contributed by atoms with Crippen LogP contribution in [0.1, 0.15) is 42.5 Å². The van der Waals surface area contributed by atoms with Crippen molar-refractivity contribution in [1.29, 1.82) is 0 Å². The first-order valence-electron chi connectivity index (χ1n) is 12.1. The Morgan fingerprint density at radius 3 is 2.73 bits per heavy atom. The van der Waals surface area contributed by atoms with E-state index in [9.17, 15) is 0 Å². The second-order valence-corrected chi connectivity index (χ2v) is 9.40. The van der Waals surface area contributed by atoms with Gasteiger partial charge in [-0.15, -0.1) is 0 Å². The maximum atomic E-state index is 4.47. The van der Waals surface area contributed by atoms with Crippen molar-refractivity contribution in [3.63, 3.8) is 0 Å². The molecule has 0 aliphatic carbocycles. The van der Waals surface area contributed by atoms with Gasteiger partial charge in [-0.1, -0.05) is 13.0 Å². The average molecular weight is 438 g/mol. The van der Waals surface area contributed by atoms with E-state index in [-0.39, 0.29) is 0 Å². The summed E-state index contributed by atoms with van der Waals surface area (Å²) in [5, 5.41) is 2.54. The quantitative estimate of drug-likeness (QED) is 0.355. The van der Waals surface area contributed by atoms with E-state index in [2.05, 4.69) is 87.1 Å². The van der Waals surface area contributed by atoms with Gasteiger partial charge in [-0.25, -0.2) is 4.98 Å². The molecule has 5 heteroatoms. The van der Waals surface area contributed by atoms with Gasteiger partial charge in [0.25, 0.3) is 0 Å². The summed E-state index contributed by atoms with van der Waals surface area (Å²) in [5.74, 6) is 0.638. The van der Waals surface area contributed by atoms with Crippen LogP contribution in [0.25, 0.3) is 33.2 Å². The number of aromatic nitrogens is 4. The van der Waals surface area contributed by atoms with E-state index in [1.165, 1.54) is 57.2 Å². The SMILES string of the molecule is CCc1c(-c2ccnc3[nH]ccc23)[nH]c2ccc(C3CCN(Cc4cccn4C)CC3)cc12. The Kier molecular flexibility index (Phi) is 5.07. The van der Waals surface area contributed by atoms with Gasteiger partial charge < -0.3 is 14.5 Å². The van der Waals surface area contributed by atoms with Crippen LogP contribution in [0.5, 0.6) is 0 Å². The molecular weight excluding hydrogens is 406 g/mol. The van der Waals surface area contributed by atoms with Crippen LogP contribution in [-0.2, 0) is 20.0 Å². The number of benzene rings is 1. The minimum atomic E-state index is 0.638. The predicted molar refractivity (Wildman–Crippen MR) is 135 cm³/mol. The Bertz CT molecular complexity index is 1410. The molecule has 1 saturated heterocycles. The molecule has 6 rings (SSSR count). The second kappa shape index (κ2) is 8.23. The van der Waals surface area contributed by atoms with Crippen molar-refractivity contribution in [3.05, 3.63) is 77.9 Å². The molecule has 1 fully saturated rings. The van der Waals surface area contributed by atoms with E-state index in [0.29, 0.717) is 5.92 Å². The van der Waals surface area contributed by atoms with E-state index in [1.807, 2.05) is 12.4 Å². The molecule has 168 valence electrons. The van der Waals surface area contributed by atoms with E-state index in [4.69, 9.17) is 0 Å². The second-order valence-electron chi connectivity index (χ2n) is 9.40. The zero-order valence-corrected chi connectivity index (χ0v) is 19.4. The van der Waals surface area contributed by atoms with Crippen LogP contribution in [-0.4, -0.2) is 37.5 Å². The molecule has 5 nitrogen and oxygen atoms in total. The number of aryl methyl sites for hydroxylation is 2. The van der Waals surface area contributed by atoms with E-state index < -0.39 is 0 Å². The number of pyridine rings is 1. The predicted octanol–water partition coefficient (Wildman–Crippen LogP) is 5.99. The zero-order valence-electron chi connectivity index (χ0n) is 19.4. The van der Waals surface area contributed by atoms with Crippen molar-refractivity contribution >= 4 is 21.9 Å². The number of likely N-dealkylation sites (tertiary alicyclic amines) is 1. The average Bonchev–Trinajstić information content (AvgIpc) is 3.57. The topological polar surface area (TPSA) is 52.6 Å². The summed E-state index contributed by atoms with van der Waals surface area (Å²) in [6.07, 6.45) is 9.46. The van der Waals surface area contributed by atoms with Gasteiger partial charge in [0.15, 0.2) is 0 Å². The number of piperidine rings is 1. The van der Waals surface area contributed by atoms with E-state index in [0.717, 1.165) is 31.7 Å². The number of aromatic amines is 2. The van der Waals surface area contributed by atoms with Crippen LogP contribution in [0.4, 0.5) is 0 Å². The normalized spacial score (nSPS) is 15.7. The van der Waals surface area contributed by atoms with Gasteiger partial charge in [-0.3, -0.25) is 4.90 Å². The monoisotopic (exact) mass is 437 g/mol. The van der Waals surface area contributed by atoms with Crippen molar-refractivity contribution in [3.8, 4) is 11.3 Å². The Morgan fingerprint density at radius 2 is 1.94 bits per heavy atom. The zero-order chi connectivity index (χ0) is 22.4. The minimum Gasteiger partial charge on any atom is -0.354 e. The molecule has 0 amide bonds. The number of fused-ring (bicyclic) bond motifs is 2. The summed E-state index contributed by atoms with van der Waals surface area (Å²) >= 11 is 0. The molecule has 1 aliphatic rings. The third kappa shape index (κ3) is 3.57. The number of H-pyrrole nitrogens is 2. The van der Waals surface area contributed by atoms with Crippen molar-refractivity contribution in [2.45, 2.75) is 38.6 Å². The minimum absolute atomic E-state index is 0.638. The molecule has 0 saturated carbocycles. The van der Waals surface area contributed by atoms with Crippen molar-refractivity contribution in [2.75, 3.05) is 13.1 Å². The summed E-state index contributed by atoms with van der Waals surface area (Å²) < 4.78 is 2.24. The van der Waals surface area contributed by atoms with Gasteiger partial charge in [0.2, 0.25) is 0 Å². The van der Waals surface area contributed by atoms with Crippen molar-refractivity contribution in [1.82, 2.24) is 24.4 Å². The van der Waals surface area contributed by atoms with E-state index in [1.54, 1.807) is 0 Å². The van der Waals surface area contributed by atoms with Gasteiger partial charge in [0, 0.05) is 59.7 Å². The molecule has 1 aromatic carbocycles. The molecule has 0 unspecified atom stereocenters. The Balaban J connectivity index is 1.28. The summed E-state index contributed by atoms with van der Waals surface area (Å²) in [7, 11) is 2.14. The summed E-state index contributed by atoms with van der Waals surface area (Å²) in [4.78, 5) is 14.0. The van der Waals surface area contributed by atoms with Crippen LogP contribution in [0, 0.1) is 0 Å². The molecule has 4 aromatic heterocycles. The number of rotatable bonds is 5. The highest BCUT2D eigenvalue weighted by molar-refractivity contribution is 5.98. The molecule has 0 bridgehead atoms.